The lowest BCUT2D eigenvalue weighted by Gasteiger charge is -2.22. The van der Waals surface area contributed by atoms with Crippen LogP contribution in [0.25, 0.3) is 0 Å². The lowest BCUT2D eigenvalue weighted by Crippen LogP contribution is -2.31. The lowest BCUT2D eigenvalue weighted by molar-refractivity contribution is 0.287. The average Bonchev–Trinajstić information content (AvgIpc) is 2.22. The summed E-state index contributed by atoms with van der Waals surface area (Å²) in [7, 11) is 2.02. The number of phenolic OH excluding ortho intramolecular Hbond substituents is 1. The molecule has 0 fully saturated rings. The van der Waals surface area contributed by atoms with Crippen LogP contribution in [-0.4, -0.2) is 29.6 Å². The third kappa shape index (κ3) is 3.65. The Balaban J connectivity index is 2.55. The molecular formula is C13H17NO. The highest BCUT2D eigenvalue weighted by Gasteiger charge is 2.08. The summed E-state index contributed by atoms with van der Waals surface area (Å²) in [5.41, 5.74) is 1.21. The van der Waals surface area contributed by atoms with E-state index in [4.69, 9.17) is 11.5 Å². The summed E-state index contributed by atoms with van der Waals surface area (Å²) in [6.07, 6.45) is 6.20. The van der Waals surface area contributed by atoms with Gasteiger partial charge in [-0.25, -0.2) is 0 Å². The topological polar surface area (TPSA) is 23.5 Å². The first-order valence-corrected chi connectivity index (χ1v) is 5.05. The third-order valence-corrected chi connectivity index (χ3v) is 2.56. The third-order valence-electron chi connectivity index (χ3n) is 2.56. The van der Waals surface area contributed by atoms with Gasteiger partial charge in [0.2, 0.25) is 0 Å². The summed E-state index contributed by atoms with van der Waals surface area (Å²) >= 11 is 0. The molecule has 1 aromatic rings. The Labute approximate surface area is 91.5 Å². The molecule has 80 valence electrons. The highest BCUT2D eigenvalue weighted by Crippen LogP contribution is 2.12. The van der Waals surface area contributed by atoms with Gasteiger partial charge in [-0.1, -0.05) is 18.1 Å². The van der Waals surface area contributed by atoms with Gasteiger partial charge in [0.15, 0.2) is 0 Å². The fourth-order valence-electron chi connectivity index (χ4n) is 1.43. The van der Waals surface area contributed by atoms with E-state index in [-0.39, 0.29) is 0 Å². The SMILES string of the molecule is C#CCN(C)C(C)Cc1ccc(O)cc1. The van der Waals surface area contributed by atoms with Gasteiger partial charge in [0, 0.05) is 6.04 Å². The van der Waals surface area contributed by atoms with E-state index in [2.05, 4.69) is 17.7 Å². The minimum atomic E-state index is 0.309. The average molecular weight is 203 g/mol. The van der Waals surface area contributed by atoms with Crippen molar-refractivity contribution in [2.45, 2.75) is 19.4 Å². The maximum absolute atomic E-state index is 9.15. The van der Waals surface area contributed by atoms with Gasteiger partial charge in [0.1, 0.15) is 5.75 Å². The van der Waals surface area contributed by atoms with Crippen LogP contribution in [0.4, 0.5) is 0 Å². The van der Waals surface area contributed by atoms with Crippen LogP contribution in [0.1, 0.15) is 12.5 Å². The van der Waals surface area contributed by atoms with Crippen LogP contribution in [0.5, 0.6) is 5.75 Å². The molecule has 1 atom stereocenters. The lowest BCUT2D eigenvalue weighted by atomic mass is 10.1. The van der Waals surface area contributed by atoms with Gasteiger partial charge in [-0.05, 0) is 38.1 Å². The number of nitrogens with zero attached hydrogens (tertiary/aromatic N) is 1. The maximum atomic E-state index is 9.15. The molecule has 0 aliphatic rings. The zero-order valence-corrected chi connectivity index (χ0v) is 9.27. The van der Waals surface area contributed by atoms with E-state index in [1.54, 1.807) is 12.1 Å². The van der Waals surface area contributed by atoms with Crippen molar-refractivity contribution in [1.29, 1.82) is 0 Å². The molecule has 0 saturated carbocycles. The standard InChI is InChI=1S/C13H17NO/c1-4-9-14(3)11(2)10-12-5-7-13(15)8-6-12/h1,5-8,11,15H,9-10H2,2-3H3. The second kappa shape index (κ2) is 5.43. The smallest absolute Gasteiger partial charge is 0.115 e. The van der Waals surface area contributed by atoms with Crippen LogP contribution in [0, 0.1) is 12.3 Å². The van der Waals surface area contributed by atoms with E-state index < -0.39 is 0 Å². The number of aromatic hydroxyl groups is 1. The summed E-state index contributed by atoms with van der Waals surface area (Å²) in [5.74, 6) is 2.94. The number of benzene rings is 1. The van der Waals surface area contributed by atoms with E-state index in [0.29, 0.717) is 18.3 Å². The van der Waals surface area contributed by atoms with Crippen LogP contribution in [0.2, 0.25) is 0 Å². The van der Waals surface area contributed by atoms with E-state index in [9.17, 15) is 0 Å². The van der Waals surface area contributed by atoms with Crippen LogP contribution >= 0.6 is 0 Å². The fraction of sp³-hybridized carbons (Fsp3) is 0.385. The van der Waals surface area contributed by atoms with Crippen LogP contribution in [0.3, 0.4) is 0 Å². The number of hydrogen-bond donors (Lipinski definition) is 1. The number of terminal acetylenes is 1. The Morgan fingerprint density at radius 1 is 1.40 bits per heavy atom. The Kier molecular flexibility index (Phi) is 4.20. The molecule has 15 heavy (non-hydrogen) atoms. The minimum Gasteiger partial charge on any atom is -0.508 e. The van der Waals surface area contributed by atoms with E-state index in [1.165, 1.54) is 5.56 Å². The van der Waals surface area contributed by atoms with Crippen molar-refractivity contribution in [3.8, 4) is 18.1 Å². The summed E-state index contributed by atoms with van der Waals surface area (Å²) in [5, 5.41) is 9.15. The summed E-state index contributed by atoms with van der Waals surface area (Å²) in [6.45, 7) is 2.81. The molecule has 0 bridgehead atoms. The predicted octanol–water partition coefficient (Wildman–Crippen LogP) is 1.89. The van der Waals surface area contributed by atoms with Crippen LogP contribution in [-0.2, 0) is 6.42 Å². The van der Waals surface area contributed by atoms with Crippen LogP contribution < -0.4 is 0 Å². The van der Waals surface area contributed by atoms with Gasteiger partial charge in [0.05, 0.1) is 6.54 Å². The number of rotatable bonds is 4. The monoisotopic (exact) mass is 203 g/mol. The molecule has 0 aromatic heterocycles. The normalized spacial score (nSPS) is 12.4. The highest BCUT2D eigenvalue weighted by atomic mass is 16.3. The van der Waals surface area contributed by atoms with E-state index in [0.717, 1.165) is 6.42 Å². The molecule has 0 saturated heterocycles. The van der Waals surface area contributed by atoms with Gasteiger partial charge in [-0.15, -0.1) is 6.42 Å². The Bertz CT molecular complexity index is 337. The molecule has 0 aliphatic heterocycles. The second-order valence-corrected chi connectivity index (χ2v) is 3.84. The molecule has 0 radical (unpaired) electrons. The zero-order valence-electron chi connectivity index (χ0n) is 9.27. The molecule has 0 amide bonds. The van der Waals surface area contributed by atoms with Crippen molar-refractivity contribution in [3.63, 3.8) is 0 Å². The molecule has 2 heteroatoms. The molecule has 1 unspecified atom stereocenters. The molecule has 2 nitrogen and oxygen atoms in total. The summed E-state index contributed by atoms with van der Waals surface area (Å²) < 4.78 is 0. The fourth-order valence-corrected chi connectivity index (χ4v) is 1.43. The second-order valence-electron chi connectivity index (χ2n) is 3.84. The van der Waals surface area contributed by atoms with Gasteiger partial charge < -0.3 is 5.11 Å². The highest BCUT2D eigenvalue weighted by molar-refractivity contribution is 5.26. The maximum Gasteiger partial charge on any atom is 0.115 e. The molecule has 1 N–H and O–H groups in total. The van der Waals surface area contributed by atoms with Crippen molar-refractivity contribution in [1.82, 2.24) is 4.90 Å². The van der Waals surface area contributed by atoms with E-state index >= 15 is 0 Å². The molecule has 0 spiro atoms. The molecule has 1 aromatic carbocycles. The zero-order chi connectivity index (χ0) is 11.3. The van der Waals surface area contributed by atoms with Crippen molar-refractivity contribution in [2.24, 2.45) is 0 Å². The van der Waals surface area contributed by atoms with Crippen molar-refractivity contribution < 1.29 is 5.11 Å². The first-order chi connectivity index (χ1) is 7.13. The quantitative estimate of drug-likeness (QED) is 0.755. The number of hydrogen-bond acceptors (Lipinski definition) is 2. The van der Waals surface area contributed by atoms with E-state index in [1.807, 2.05) is 19.2 Å². The Hall–Kier alpha value is -1.46. The molecule has 1 rings (SSSR count). The van der Waals surface area contributed by atoms with Gasteiger partial charge in [-0.2, -0.15) is 0 Å². The predicted molar refractivity (Wildman–Crippen MR) is 62.7 cm³/mol. The van der Waals surface area contributed by atoms with Crippen molar-refractivity contribution in [3.05, 3.63) is 29.8 Å². The van der Waals surface area contributed by atoms with Gasteiger partial charge in [-0.3, -0.25) is 4.90 Å². The molecule has 0 aliphatic carbocycles. The van der Waals surface area contributed by atoms with Crippen molar-refractivity contribution in [2.75, 3.05) is 13.6 Å². The number of likely N-dealkylation sites (N-methyl/N-ethyl adjacent to an activating group) is 1. The van der Waals surface area contributed by atoms with Gasteiger partial charge >= 0.3 is 0 Å². The summed E-state index contributed by atoms with van der Waals surface area (Å²) in [6, 6.07) is 7.71. The first-order valence-electron chi connectivity index (χ1n) is 5.05. The molecular weight excluding hydrogens is 186 g/mol. The first kappa shape index (κ1) is 11.6. The minimum absolute atomic E-state index is 0.309. The Morgan fingerprint density at radius 2 is 2.00 bits per heavy atom. The summed E-state index contributed by atoms with van der Waals surface area (Å²) in [4.78, 5) is 2.13. The Morgan fingerprint density at radius 3 is 2.53 bits per heavy atom. The van der Waals surface area contributed by atoms with Crippen LogP contribution in [0.15, 0.2) is 24.3 Å². The van der Waals surface area contributed by atoms with Crippen molar-refractivity contribution >= 4 is 0 Å². The van der Waals surface area contributed by atoms with Gasteiger partial charge in [0.25, 0.3) is 0 Å². The number of phenols is 1. The largest absolute Gasteiger partial charge is 0.508 e. The molecule has 0 heterocycles.